The molecule has 0 saturated heterocycles. The number of benzene rings is 3. The van der Waals surface area contributed by atoms with E-state index >= 15 is 0 Å². The molecule has 1 atom stereocenters. The summed E-state index contributed by atoms with van der Waals surface area (Å²) in [6.45, 7) is 2.28. The van der Waals surface area contributed by atoms with E-state index in [4.69, 9.17) is 11.6 Å². The van der Waals surface area contributed by atoms with Crippen LogP contribution in [0.15, 0.2) is 91.3 Å². The highest BCUT2D eigenvalue weighted by Crippen LogP contribution is 2.44. The number of aliphatic hydroxyl groups is 1. The Kier molecular flexibility index (Phi) is 5.60. The Hall–Kier alpha value is -3.67. The van der Waals surface area contributed by atoms with Crippen LogP contribution >= 0.6 is 11.6 Å². The standard InChI is InChI=1S/C28H23ClN2O3/c1-19-7-9-20(10-8-19)18-31-25-12-11-22(29)16-24(25)28(34,27(31)33)17-26(32)21-5-4-6-23(15-21)30-13-2-3-14-30/h2-16,34H,17-18H2,1H3/t28-/m1/s1. The van der Waals surface area contributed by atoms with Crippen LogP contribution in [0.1, 0.15) is 33.5 Å². The van der Waals surface area contributed by atoms with Gasteiger partial charge in [-0.05, 0) is 55.0 Å². The van der Waals surface area contributed by atoms with Gasteiger partial charge in [0.1, 0.15) is 0 Å². The Balaban J connectivity index is 1.48. The zero-order valence-electron chi connectivity index (χ0n) is 18.6. The Morgan fingerprint density at radius 3 is 2.44 bits per heavy atom. The van der Waals surface area contributed by atoms with E-state index in [9.17, 15) is 14.7 Å². The summed E-state index contributed by atoms with van der Waals surface area (Å²) in [6, 6.07) is 23.8. The first-order valence-corrected chi connectivity index (χ1v) is 11.4. The highest BCUT2D eigenvalue weighted by molar-refractivity contribution is 6.31. The number of hydrogen-bond donors (Lipinski definition) is 1. The fourth-order valence-electron chi connectivity index (χ4n) is 4.41. The molecule has 1 amide bonds. The van der Waals surface area contributed by atoms with Gasteiger partial charge >= 0.3 is 0 Å². The lowest BCUT2D eigenvalue weighted by Crippen LogP contribution is -2.41. The van der Waals surface area contributed by atoms with Crippen LogP contribution in [0.4, 0.5) is 5.69 Å². The van der Waals surface area contributed by atoms with Gasteiger partial charge in [-0.1, -0.05) is 53.6 Å². The third kappa shape index (κ3) is 3.94. The number of aromatic nitrogens is 1. The largest absolute Gasteiger partial charge is 0.375 e. The van der Waals surface area contributed by atoms with Crippen molar-refractivity contribution in [1.29, 1.82) is 0 Å². The van der Waals surface area contributed by atoms with Crippen molar-refractivity contribution in [2.45, 2.75) is 25.5 Å². The molecule has 0 bridgehead atoms. The van der Waals surface area contributed by atoms with Crippen LogP contribution in [0.5, 0.6) is 0 Å². The number of rotatable bonds is 6. The third-order valence-corrected chi connectivity index (χ3v) is 6.48. The van der Waals surface area contributed by atoms with E-state index in [1.54, 1.807) is 36.4 Å². The van der Waals surface area contributed by atoms with Crippen LogP contribution in [-0.2, 0) is 16.9 Å². The van der Waals surface area contributed by atoms with Gasteiger partial charge in [-0.15, -0.1) is 0 Å². The number of ketones is 1. The normalized spacial score (nSPS) is 17.1. The van der Waals surface area contributed by atoms with Gasteiger partial charge in [0, 0.05) is 34.2 Å². The monoisotopic (exact) mass is 470 g/mol. The lowest BCUT2D eigenvalue weighted by Gasteiger charge is -2.23. The molecular weight excluding hydrogens is 448 g/mol. The van der Waals surface area contributed by atoms with Crippen molar-refractivity contribution >= 4 is 29.0 Å². The van der Waals surface area contributed by atoms with Gasteiger partial charge in [-0.3, -0.25) is 9.59 Å². The molecule has 0 aliphatic carbocycles. The number of halogens is 1. The highest BCUT2D eigenvalue weighted by atomic mass is 35.5. The Morgan fingerprint density at radius 1 is 0.971 bits per heavy atom. The molecule has 4 aromatic rings. The van der Waals surface area contributed by atoms with Crippen LogP contribution in [0, 0.1) is 6.92 Å². The van der Waals surface area contributed by atoms with E-state index in [1.165, 1.54) is 4.90 Å². The predicted molar refractivity (Wildman–Crippen MR) is 132 cm³/mol. The number of fused-ring (bicyclic) bond motifs is 1. The minimum atomic E-state index is -1.99. The van der Waals surface area contributed by atoms with E-state index in [0.717, 1.165) is 16.8 Å². The first-order chi connectivity index (χ1) is 16.3. The number of Topliss-reactive ketones (excluding diaryl/α,β-unsaturated/α-hetero) is 1. The lowest BCUT2D eigenvalue weighted by molar-refractivity contribution is -0.136. The van der Waals surface area contributed by atoms with Crippen LogP contribution < -0.4 is 4.90 Å². The van der Waals surface area contributed by atoms with Crippen molar-refractivity contribution in [3.63, 3.8) is 0 Å². The molecule has 3 aromatic carbocycles. The van der Waals surface area contributed by atoms with Crippen molar-refractivity contribution in [2.24, 2.45) is 0 Å². The zero-order valence-corrected chi connectivity index (χ0v) is 19.4. The number of carbonyl (C=O) groups excluding carboxylic acids is 2. The number of hydrogen-bond acceptors (Lipinski definition) is 3. The second-order valence-electron chi connectivity index (χ2n) is 8.64. The van der Waals surface area contributed by atoms with Gasteiger partial charge in [0.05, 0.1) is 18.7 Å². The molecular formula is C28H23ClN2O3. The molecule has 1 aliphatic heterocycles. The highest BCUT2D eigenvalue weighted by Gasteiger charge is 2.51. The van der Waals surface area contributed by atoms with Gasteiger partial charge in [0.2, 0.25) is 0 Å². The number of anilines is 1. The van der Waals surface area contributed by atoms with Gasteiger partial charge in [0.25, 0.3) is 5.91 Å². The topological polar surface area (TPSA) is 62.5 Å². The van der Waals surface area contributed by atoms with Crippen molar-refractivity contribution < 1.29 is 14.7 Å². The number of nitrogens with zero attached hydrogens (tertiary/aromatic N) is 2. The summed E-state index contributed by atoms with van der Waals surface area (Å²) in [5.41, 5.74) is 2.21. The van der Waals surface area contributed by atoms with Crippen LogP contribution in [-0.4, -0.2) is 21.4 Å². The van der Waals surface area contributed by atoms with Crippen LogP contribution in [0.2, 0.25) is 5.02 Å². The smallest absolute Gasteiger partial charge is 0.264 e. The van der Waals surface area contributed by atoms with Crippen molar-refractivity contribution in [1.82, 2.24) is 4.57 Å². The minimum Gasteiger partial charge on any atom is -0.375 e. The summed E-state index contributed by atoms with van der Waals surface area (Å²) in [5, 5.41) is 12.0. The first-order valence-electron chi connectivity index (χ1n) is 11.0. The van der Waals surface area contributed by atoms with Crippen molar-refractivity contribution in [2.75, 3.05) is 4.90 Å². The fraction of sp³-hybridized carbons (Fsp3) is 0.143. The first kappa shape index (κ1) is 22.1. The van der Waals surface area contributed by atoms with E-state index in [-0.39, 0.29) is 18.7 Å². The molecule has 0 radical (unpaired) electrons. The molecule has 1 aromatic heterocycles. The quantitative estimate of drug-likeness (QED) is 0.381. The van der Waals surface area contributed by atoms with Gasteiger partial charge in [-0.2, -0.15) is 0 Å². The second kappa shape index (κ2) is 8.60. The molecule has 6 heteroatoms. The average molecular weight is 471 g/mol. The fourth-order valence-corrected chi connectivity index (χ4v) is 4.58. The maximum atomic E-state index is 13.6. The number of amides is 1. The maximum Gasteiger partial charge on any atom is 0.264 e. The minimum absolute atomic E-state index is 0.285. The molecule has 2 heterocycles. The SMILES string of the molecule is Cc1ccc(CN2C(=O)[C@@](O)(CC(=O)c3cccc(-n4cccc4)c3)c3cc(Cl)ccc32)cc1. The third-order valence-electron chi connectivity index (χ3n) is 6.24. The molecule has 0 unspecified atom stereocenters. The number of aryl methyl sites for hydroxylation is 1. The lowest BCUT2D eigenvalue weighted by atomic mass is 9.88. The molecule has 34 heavy (non-hydrogen) atoms. The van der Waals surface area contributed by atoms with E-state index < -0.39 is 11.5 Å². The average Bonchev–Trinajstić information content (AvgIpc) is 3.44. The van der Waals surface area contributed by atoms with Gasteiger partial charge in [-0.25, -0.2) is 0 Å². The second-order valence-corrected chi connectivity index (χ2v) is 9.08. The molecule has 1 aliphatic rings. The van der Waals surface area contributed by atoms with E-state index in [1.807, 2.05) is 66.3 Å². The molecule has 0 fully saturated rings. The molecule has 5 nitrogen and oxygen atoms in total. The molecule has 170 valence electrons. The van der Waals surface area contributed by atoms with E-state index in [0.29, 0.717) is 21.8 Å². The summed E-state index contributed by atoms with van der Waals surface area (Å²) in [6.07, 6.45) is 3.40. The van der Waals surface area contributed by atoms with Gasteiger partial charge in [0.15, 0.2) is 11.4 Å². The van der Waals surface area contributed by atoms with E-state index in [2.05, 4.69) is 0 Å². The van der Waals surface area contributed by atoms with Crippen LogP contribution in [0.3, 0.4) is 0 Å². The molecule has 5 rings (SSSR count). The Bertz CT molecular complexity index is 1380. The van der Waals surface area contributed by atoms with Crippen LogP contribution in [0.25, 0.3) is 5.69 Å². The summed E-state index contributed by atoms with van der Waals surface area (Å²) < 4.78 is 1.89. The summed E-state index contributed by atoms with van der Waals surface area (Å²) in [7, 11) is 0. The predicted octanol–water partition coefficient (Wildman–Crippen LogP) is 5.45. The maximum absolute atomic E-state index is 13.6. The Labute approximate surface area is 202 Å². The van der Waals surface area contributed by atoms with Gasteiger partial charge < -0.3 is 14.6 Å². The Morgan fingerprint density at radius 2 is 1.71 bits per heavy atom. The van der Waals surface area contributed by atoms with Crippen molar-refractivity contribution in [3.05, 3.63) is 119 Å². The molecule has 0 spiro atoms. The van der Waals surface area contributed by atoms with Crippen molar-refractivity contribution in [3.8, 4) is 5.69 Å². The molecule has 0 saturated carbocycles. The summed E-state index contributed by atoms with van der Waals surface area (Å²) >= 11 is 6.23. The zero-order chi connectivity index (χ0) is 23.9. The summed E-state index contributed by atoms with van der Waals surface area (Å²) in [4.78, 5) is 28.4. The summed E-state index contributed by atoms with van der Waals surface area (Å²) in [5.74, 6) is -0.853. The molecule has 1 N–H and O–H groups in total. The number of carbonyl (C=O) groups is 2.